The van der Waals surface area contributed by atoms with Gasteiger partial charge < -0.3 is 19.5 Å². The van der Waals surface area contributed by atoms with Crippen LogP contribution in [0.3, 0.4) is 0 Å². The van der Waals surface area contributed by atoms with E-state index in [9.17, 15) is 18.4 Å². The van der Waals surface area contributed by atoms with Crippen LogP contribution in [-0.4, -0.2) is 31.2 Å². The van der Waals surface area contributed by atoms with Crippen molar-refractivity contribution in [3.05, 3.63) is 53.6 Å². The van der Waals surface area contributed by atoms with E-state index in [1.165, 1.54) is 25.1 Å². The first-order chi connectivity index (χ1) is 13.9. The van der Waals surface area contributed by atoms with Crippen LogP contribution >= 0.6 is 0 Å². The smallest absolute Gasteiger partial charge is 0.339 e. The van der Waals surface area contributed by atoms with Gasteiger partial charge in [-0.25, -0.2) is 13.6 Å². The summed E-state index contributed by atoms with van der Waals surface area (Å²) in [5.74, 6) is -2.64. The number of carbonyl (C=O) groups excluding carboxylic acids is 2. The predicted octanol–water partition coefficient (Wildman–Crippen LogP) is 4.34. The number of rotatable bonds is 9. The highest BCUT2D eigenvalue weighted by Crippen LogP contribution is 2.29. The lowest BCUT2D eigenvalue weighted by Gasteiger charge is -2.16. The van der Waals surface area contributed by atoms with Crippen molar-refractivity contribution in [3.63, 3.8) is 0 Å². The van der Waals surface area contributed by atoms with Gasteiger partial charge in [-0.1, -0.05) is 13.0 Å². The Hall–Kier alpha value is -3.16. The number of anilines is 1. The van der Waals surface area contributed by atoms with E-state index in [1.807, 2.05) is 6.92 Å². The first kappa shape index (κ1) is 22.1. The average molecular weight is 407 g/mol. The van der Waals surface area contributed by atoms with Gasteiger partial charge in [-0.2, -0.15) is 0 Å². The molecule has 0 fully saturated rings. The van der Waals surface area contributed by atoms with Gasteiger partial charge in [0, 0.05) is 0 Å². The number of halogens is 2. The molecule has 0 aliphatic heterocycles. The van der Waals surface area contributed by atoms with Gasteiger partial charge in [0.25, 0.3) is 5.91 Å². The summed E-state index contributed by atoms with van der Waals surface area (Å²) in [6.45, 7) is 5.92. The monoisotopic (exact) mass is 407 g/mol. The fraction of sp³-hybridized carbons (Fsp3) is 0.333. The number of hydrogen-bond donors (Lipinski definition) is 1. The number of benzene rings is 2. The summed E-state index contributed by atoms with van der Waals surface area (Å²) in [5.41, 5.74) is -0.453. The van der Waals surface area contributed by atoms with Crippen molar-refractivity contribution in [2.75, 3.05) is 18.5 Å². The molecule has 0 saturated heterocycles. The maximum Gasteiger partial charge on any atom is 0.339 e. The molecule has 0 aliphatic rings. The molecule has 8 heteroatoms. The third-order valence-corrected chi connectivity index (χ3v) is 3.80. The number of amides is 1. The van der Waals surface area contributed by atoms with Crippen LogP contribution in [0.2, 0.25) is 0 Å². The van der Waals surface area contributed by atoms with Crippen LogP contribution in [0, 0.1) is 11.6 Å². The number of nitrogens with one attached hydrogen (secondary N) is 1. The molecule has 2 aromatic rings. The second-order valence-electron chi connectivity index (χ2n) is 6.08. The van der Waals surface area contributed by atoms with E-state index in [2.05, 4.69) is 5.32 Å². The number of carbonyl (C=O) groups is 2. The Balaban J connectivity index is 2.08. The number of esters is 1. The first-order valence-electron chi connectivity index (χ1n) is 9.22. The van der Waals surface area contributed by atoms with E-state index in [4.69, 9.17) is 14.2 Å². The largest absolute Gasteiger partial charge is 0.490 e. The molecule has 2 rings (SSSR count). The molecule has 2 aromatic carbocycles. The molecule has 6 nitrogen and oxygen atoms in total. The Morgan fingerprint density at radius 1 is 1.03 bits per heavy atom. The summed E-state index contributed by atoms with van der Waals surface area (Å²) >= 11 is 0. The molecule has 156 valence electrons. The Morgan fingerprint density at radius 3 is 2.34 bits per heavy atom. The lowest BCUT2D eigenvalue weighted by molar-refractivity contribution is -0.123. The van der Waals surface area contributed by atoms with Gasteiger partial charge in [0.2, 0.25) is 0 Å². The number of ether oxygens (including phenoxy) is 3. The first-order valence-corrected chi connectivity index (χ1v) is 9.22. The second-order valence-corrected chi connectivity index (χ2v) is 6.08. The molecule has 29 heavy (non-hydrogen) atoms. The van der Waals surface area contributed by atoms with E-state index >= 15 is 0 Å². The van der Waals surface area contributed by atoms with E-state index in [0.717, 1.165) is 18.6 Å². The van der Waals surface area contributed by atoms with Crippen molar-refractivity contribution in [2.45, 2.75) is 33.3 Å². The number of hydrogen-bond acceptors (Lipinski definition) is 5. The van der Waals surface area contributed by atoms with Gasteiger partial charge in [0.1, 0.15) is 17.3 Å². The van der Waals surface area contributed by atoms with Gasteiger partial charge in [0.05, 0.1) is 18.8 Å². The van der Waals surface area contributed by atoms with Crippen LogP contribution in [0.5, 0.6) is 11.5 Å². The molecule has 0 radical (unpaired) electrons. The fourth-order valence-electron chi connectivity index (χ4n) is 2.36. The number of para-hydroxylation sites is 1. The average Bonchev–Trinajstić information content (AvgIpc) is 2.69. The Morgan fingerprint density at radius 2 is 1.72 bits per heavy atom. The highest BCUT2D eigenvalue weighted by Gasteiger charge is 2.22. The normalized spacial score (nSPS) is 11.5. The van der Waals surface area contributed by atoms with Crippen LogP contribution in [-0.2, 0) is 9.53 Å². The van der Waals surface area contributed by atoms with E-state index in [1.54, 1.807) is 13.0 Å². The van der Waals surface area contributed by atoms with Crippen LogP contribution in [0.4, 0.5) is 14.5 Å². The minimum atomic E-state index is -1.28. The highest BCUT2D eigenvalue weighted by atomic mass is 19.1. The molecule has 1 atom stereocenters. The standard InChI is InChI=1S/C21H23F2NO5/c1-4-11-28-17-10-9-14(12-18(17)27-5-2)21(26)29-13(3)20(25)24-19-15(22)7-6-8-16(19)23/h6-10,12-13H,4-5,11H2,1-3H3,(H,24,25)/t13-/m1/s1. The van der Waals surface area contributed by atoms with Crippen molar-refractivity contribution in [3.8, 4) is 11.5 Å². The summed E-state index contributed by atoms with van der Waals surface area (Å²) in [6.07, 6.45) is -0.474. The van der Waals surface area contributed by atoms with Crippen molar-refractivity contribution in [1.82, 2.24) is 0 Å². The van der Waals surface area contributed by atoms with Crippen molar-refractivity contribution < 1.29 is 32.6 Å². The zero-order valence-corrected chi connectivity index (χ0v) is 16.5. The van der Waals surface area contributed by atoms with E-state index in [0.29, 0.717) is 24.7 Å². The van der Waals surface area contributed by atoms with Crippen molar-refractivity contribution in [1.29, 1.82) is 0 Å². The predicted molar refractivity (Wildman–Crippen MR) is 103 cm³/mol. The van der Waals surface area contributed by atoms with Crippen LogP contribution in [0.15, 0.2) is 36.4 Å². The molecule has 0 aromatic heterocycles. The van der Waals surface area contributed by atoms with Gasteiger partial charge in [-0.15, -0.1) is 0 Å². The Kier molecular flexibility index (Phi) is 7.94. The van der Waals surface area contributed by atoms with Crippen molar-refractivity contribution >= 4 is 17.6 Å². The summed E-state index contributed by atoms with van der Waals surface area (Å²) in [5, 5.41) is 2.09. The quantitative estimate of drug-likeness (QED) is 0.626. The SMILES string of the molecule is CCCOc1ccc(C(=O)O[C@H](C)C(=O)Nc2c(F)cccc2F)cc1OCC. The molecular formula is C21H23F2NO5. The minimum Gasteiger partial charge on any atom is -0.490 e. The molecule has 0 spiro atoms. The molecule has 0 heterocycles. The zero-order chi connectivity index (χ0) is 21.4. The lowest BCUT2D eigenvalue weighted by atomic mass is 10.2. The summed E-state index contributed by atoms with van der Waals surface area (Å²) in [4.78, 5) is 24.5. The third-order valence-electron chi connectivity index (χ3n) is 3.80. The van der Waals surface area contributed by atoms with E-state index < -0.39 is 35.3 Å². The molecule has 1 N–H and O–H groups in total. The molecule has 0 saturated carbocycles. The minimum absolute atomic E-state index is 0.147. The van der Waals surface area contributed by atoms with Gasteiger partial charge in [-0.3, -0.25) is 4.79 Å². The summed E-state index contributed by atoms with van der Waals surface area (Å²) in [7, 11) is 0. The van der Waals surface area contributed by atoms with Crippen LogP contribution in [0.1, 0.15) is 37.6 Å². The van der Waals surface area contributed by atoms with Gasteiger partial charge >= 0.3 is 5.97 Å². The molecular weight excluding hydrogens is 384 g/mol. The van der Waals surface area contributed by atoms with Crippen molar-refractivity contribution in [2.24, 2.45) is 0 Å². The summed E-state index contributed by atoms with van der Waals surface area (Å²) < 4.78 is 43.5. The van der Waals surface area contributed by atoms with E-state index in [-0.39, 0.29) is 5.56 Å². The third kappa shape index (κ3) is 5.91. The Bertz CT molecular complexity index is 852. The molecule has 1 amide bonds. The Labute approximate surface area is 167 Å². The highest BCUT2D eigenvalue weighted by molar-refractivity contribution is 5.97. The summed E-state index contributed by atoms with van der Waals surface area (Å²) in [6, 6.07) is 7.71. The fourth-order valence-corrected chi connectivity index (χ4v) is 2.36. The maximum atomic E-state index is 13.7. The molecule has 0 unspecified atom stereocenters. The van der Waals surface area contributed by atoms with Gasteiger partial charge in [-0.05, 0) is 50.6 Å². The second kappa shape index (κ2) is 10.4. The lowest BCUT2D eigenvalue weighted by Crippen LogP contribution is -2.30. The maximum absolute atomic E-state index is 13.7. The topological polar surface area (TPSA) is 73.9 Å². The molecule has 0 aliphatic carbocycles. The van der Waals surface area contributed by atoms with Gasteiger partial charge in [0.15, 0.2) is 17.6 Å². The zero-order valence-electron chi connectivity index (χ0n) is 16.5. The van der Waals surface area contributed by atoms with Crippen LogP contribution < -0.4 is 14.8 Å². The van der Waals surface area contributed by atoms with Crippen LogP contribution in [0.25, 0.3) is 0 Å². The molecule has 0 bridgehead atoms.